The molecule has 1 aromatic rings. The van der Waals surface area contributed by atoms with Crippen LogP contribution < -0.4 is 4.74 Å². The van der Waals surface area contributed by atoms with E-state index in [9.17, 15) is 19.1 Å². The zero-order valence-corrected chi connectivity index (χ0v) is 13.5. The van der Waals surface area contributed by atoms with Gasteiger partial charge < -0.3 is 14.7 Å². The number of carbonyl (C=O) groups excluding carboxylic acids is 1. The van der Waals surface area contributed by atoms with Crippen LogP contribution in [0.3, 0.4) is 0 Å². The van der Waals surface area contributed by atoms with Gasteiger partial charge >= 0.3 is 5.97 Å². The third kappa shape index (κ3) is 3.37. The third-order valence-corrected chi connectivity index (χ3v) is 5.09. The third-order valence-electron chi connectivity index (χ3n) is 5.09. The Balaban J connectivity index is 1.50. The van der Waals surface area contributed by atoms with Gasteiger partial charge in [-0.25, -0.2) is 9.18 Å². The first-order valence-electron chi connectivity index (χ1n) is 8.47. The molecule has 0 spiro atoms. The van der Waals surface area contributed by atoms with E-state index in [-0.39, 0.29) is 30.6 Å². The predicted molar refractivity (Wildman–Crippen MR) is 85.1 cm³/mol. The maximum atomic E-state index is 13.4. The van der Waals surface area contributed by atoms with Crippen molar-refractivity contribution in [2.45, 2.75) is 38.1 Å². The molecule has 3 rings (SSSR count). The van der Waals surface area contributed by atoms with Gasteiger partial charge in [-0.05, 0) is 43.2 Å². The van der Waals surface area contributed by atoms with Crippen LogP contribution in [-0.4, -0.2) is 41.1 Å². The average molecular weight is 335 g/mol. The molecule has 6 heteroatoms. The standard InChI is InChI=1S/C18H22FNO4/c19-14-7-1-2-8-15(14)24-10-4-9-16(21)20-11-12-5-3-6-13(12)17(20)18(22)23/h1-2,7-8,12-13,17H,3-6,9-11H2,(H,22,23). The zero-order chi connectivity index (χ0) is 17.1. The van der Waals surface area contributed by atoms with Gasteiger partial charge in [0.05, 0.1) is 6.61 Å². The zero-order valence-electron chi connectivity index (χ0n) is 13.5. The fourth-order valence-corrected chi connectivity index (χ4v) is 3.99. The smallest absolute Gasteiger partial charge is 0.326 e. The second-order valence-corrected chi connectivity index (χ2v) is 6.57. The van der Waals surface area contributed by atoms with Crippen LogP contribution in [0.15, 0.2) is 24.3 Å². The maximum Gasteiger partial charge on any atom is 0.326 e. The molecule has 1 aliphatic heterocycles. The molecule has 3 atom stereocenters. The fourth-order valence-electron chi connectivity index (χ4n) is 3.99. The lowest BCUT2D eigenvalue weighted by atomic mass is 9.94. The number of aliphatic carboxylic acids is 1. The van der Waals surface area contributed by atoms with E-state index in [1.54, 1.807) is 18.2 Å². The Hall–Kier alpha value is -2.11. The number of rotatable bonds is 6. The van der Waals surface area contributed by atoms with Crippen molar-refractivity contribution in [3.63, 3.8) is 0 Å². The number of halogens is 1. The number of ether oxygens (including phenoxy) is 1. The van der Waals surface area contributed by atoms with Crippen LogP contribution in [0.5, 0.6) is 5.75 Å². The van der Waals surface area contributed by atoms with Crippen molar-refractivity contribution in [1.29, 1.82) is 0 Å². The molecular formula is C18H22FNO4. The minimum absolute atomic E-state index is 0.0983. The van der Waals surface area contributed by atoms with Gasteiger partial charge in [0.2, 0.25) is 5.91 Å². The van der Waals surface area contributed by atoms with Gasteiger partial charge in [-0.15, -0.1) is 0 Å². The van der Waals surface area contributed by atoms with Gasteiger partial charge in [-0.3, -0.25) is 4.79 Å². The van der Waals surface area contributed by atoms with Gasteiger partial charge in [-0.2, -0.15) is 0 Å². The molecule has 2 aliphatic rings. The second-order valence-electron chi connectivity index (χ2n) is 6.57. The number of carboxylic acid groups (broad SMARTS) is 1. The molecule has 3 unspecified atom stereocenters. The summed E-state index contributed by atoms with van der Waals surface area (Å²) in [5.74, 6) is -0.883. The molecule has 0 radical (unpaired) electrons. The highest BCUT2D eigenvalue weighted by Crippen LogP contribution is 2.42. The molecule has 1 aromatic carbocycles. The number of hydrogen-bond acceptors (Lipinski definition) is 3. The second kappa shape index (κ2) is 7.20. The van der Waals surface area contributed by atoms with E-state index in [4.69, 9.17) is 4.74 Å². The first kappa shape index (κ1) is 16.7. The quantitative estimate of drug-likeness (QED) is 0.812. The van der Waals surface area contributed by atoms with Gasteiger partial charge in [0.1, 0.15) is 6.04 Å². The lowest BCUT2D eigenvalue weighted by Crippen LogP contribution is -2.43. The Labute approximate surface area is 140 Å². The molecule has 130 valence electrons. The number of carboxylic acids is 1. The molecule has 1 heterocycles. The van der Waals surface area contributed by atoms with E-state index in [2.05, 4.69) is 0 Å². The Kier molecular flexibility index (Phi) is 5.02. The first-order chi connectivity index (χ1) is 11.6. The molecule has 24 heavy (non-hydrogen) atoms. The number of fused-ring (bicyclic) bond motifs is 1. The van der Waals surface area contributed by atoms with E-state index in [1.807, 2.05) is 0 Å². The molecule has 0 bridgehead atoms. The Morgan fingerprint density at radius 2 is 2.08 bits per heavy atom. The molecule has 0 aromatic heterocycles. The lowest BCUT2D eigenvalue weighted by Gasteiger charge is -2.24. The number of para-hydroxylation sites is 1. The minimum Gasteiger partial charge on any atom is -0.491 e. The molecule has 1 aliphatic carbocycles. The van der Waals surface area contributed by atoms with Crippen LogP contribution in [0.4, 0.5) is 4.39 Å². The summed E-state index contributed by atoms with van der Waals surface area (Å²) in [6, 6.07) is 5.45. The van der Waals surface area contributed by atoms with Crippen LogP contribution in [0.25, 0.3) is 0 Å². The molecule has 1 N–H and O–H groups in total. The summed E-state index contributed by atoms with van der Waals surface area (Å²) in [5.41, 5.74) is 0. The van der Waals surface area contributed by atoms with E-state index in [0.717, 1.165) is 19.3 Å². The highest BCUT2D eigenvalue weighted by molar-refractivity contribution is 5.84. The number of benzene rings is 1. The molecule has 5 nitrogen and oxygen atoms in total. The largest absolute Gasteiger partial charge is 0.491 e. The molecule has 2 fully saturated rings. The van der Waals surface area contributed by atoms with Crippen molar-refractivity contribution in [2.75, 3.05) is 13.2 Å². The highest BCUT2D eigenvalue weighted by Gasteiger charge is 2.49. The maximum absolute atomic E-state index is 13.4. The summed E-state index contributed by atoms with van der Waals surface area (Å²) in [4.78, 5) is 25.5. The van der Waals surface area contributed by atoms with Crippen molar-refractivity contribution in [3.8, 4) is 5.75 Å². The SMILES string of the molecule is O=C(O)C1C2CCCC2CN1C(=O)CCCOc1ccccc1F. The summed E-state index contributed by atoms with van der Waals surface area (Å²) < 4.78 is 18.8. The normalized spacial score (nSPS) is 25.5. The number of likely N-dealkylation sites (tertiary alicyclic amines) is 1. The first-order valence-corrected chi connectivity index (χ1v) is 8.47. The van der Waals surface area contributed by atoms with Crippen LogP contribution in [-0.2, 0) is 9.59 Å². The number of hydrogen-bond donors (Lipinski definition) is 1. The van der Waals surface area contributed by atoms with Crippen LogP contribution in [0.2, 0.25) is 0 Å². The monoisotopic (exact) mass is 335 g/mol. The van der Waals surface area contributed by atoms with E-state index >= 15 is 0 Å². The molecule has 1 amide bonds. The van der Waals surface area contributed by atoms with E-state index in [1.165, 1.54) is 11.0 Å². The fraction of sp³-hybridized carbons (Fsp3) is 0.556. The van der Waals surface area contributed by atoms with Crippen molar-refractivity contribution in [3.05, 3.63) is 30.1 Å². The number of carbonyl (C=O) groups is 2. The Morgan fingerprint density at radius 1 is 1.29 bits per heavy atom. The van der Waals surface area contributed by atoms with Gasteiger partial charge in [-0.1, -0.05) is 18.6 Å². The van der Waals surface area contributed by atoms with E-state index in [0.29, 0.717) is 18.9 Å². The van der Waals surface area contributed by atoms with Crippen molar-refractivity contribution >= 4 is 11.9 Å². The Bertz CT molecular complexity index is 621. The molecule has 1 saturated heterocycles. The van der Waals surface area contributed by atoms with Gasteiger partial charge in [0.25, 0.3) is 0 Å². The van der Waals surface area contributed by atoms with Crippen molar-refractivity contribution in [2.24, 2.45) is 11.8 Å². The summed E-state index contributed by atoms with van der Waals surface area (Å²) in [6.45, 7) is 0.778. The van der Waals surface area contributed by atoms with Crippen molar-refractivity contribution < 1.29 is 23.8 Å². The summed E-state index contributed by atoms with van der Waals surface area (Å²) in [5, 5.41) is 9.47. The highest BCUT2D eigenvalue weighted by atomic mass is 19.1. The van der Waals surface area contributed by atoms with Crippen LogP contribution in [0.1, 0.15) is 32.1 Å². The number of nitrogens with zero attached hydrogens (tertiary/aromatic N) is 1. The topological polar surface area (TPSA) is 66.8 Å². The van der Waals surface area contributed by atoms with Crippen LogP contribution in [0, 0.1) is 17.7 Å². The summed E-state index contributed by atoms with van der Waals surface area (Å²) in [7, 11) is 0. The summed E-state index contributed by atoms with van der Waals surface area (Å²) >= 11 is 0. The molecule has 1 saturated carbocycles. The van der Waals surface area contributed by atoms with Crippen LogP contribution >= 0.6 is 0 Å². The predicted octanol–water partition coefficient (Wildman–Crippen LogP) is 2.70. The lowest BCUT2D eigenvalue weighted by molar-refractivity contribution is -0.149. The van der Waals surface area contributed by atoms with Gasteiger partial charge in [0.15, 0.2) is 11.6 Å². The average Bonchev–Trinajstić information content (AvgIpc) is 3.13. The van der Waals surface area contributed by atoms with Gasteiger partial charge in [0, 0.05) is 13.0 Å². The summed E-state index contributed by atoms with van der Waals surface area (Å²) in [6.07, 6.45) is 3.61. The van der Waals surface area contributed by atoms with E-state index < -0.39 is 17.8 Å². The van der Waals surface area contributed by atoms with Crippen molar-refractivity contribution in [1.82, 2.24) is 4.90 Å². The minimum atomic E-state index is -0.902. The Morgan fingerprint density at radius 3 is 2.83 bits per heavy atom. The molecular weight excluding hydrogens is 313 g/mol. The number of amides is 1.